The smallest absolute Gasteiger partial charge is 0.0991 e. The molecule has 0 saturated heterocycles. The topological polar surface area (TPSA) is 23.8 Å². The second kappa shape index (κ2) is 3.84. The molecule has 0 N–H and O–H groups in total. The normalized spacial score (nSPS) is 17.4. The predicted octanol–water partition coefficient (Wildman–Crippen LogP) is 3.46. The average molecular weight is 185 g/mol. The first-order valence-electron chi connectivity index (χ1n) is 5.35. The summed E-state index contributed by atoms with van der Waals surface area (Å²) in [7, 11) is 0. The number of nitrogens with zero attached hydrogens (tertiary/aromatic N) is 1. The summed E-state index contributed by atoms with van der Waals surface area (Å²) in [6.07, 6.45) is 3.99. The van der Waals surface area contributed by atoms with Crippen LogP contribution in [0.15, 0.2) is 24.3 Å². The van der Waals surface area contributed by atoms with Crippen molar-refractivity contribution in [3.05, 3.63) is 35.4 Å². The van der Waals surface area contributed by atoms with Gasteiger partial charge in [-0.15, -0.1) is 0 Å². The minimum Gasteiger partial charge on any atom is -0.192 e. The summed E-state index contributed by atoms with van der Waals surface area (Å²) in [6.45, 7) is 2.25. The van der Waals surface area contributed by atoms with Crippen molar-refractivity contribution in [2.24, 2.45) is 5.92 Å². The lowest BCUT2D eigenvalue weighted by Gasteiger charge is -2.13. The highest BCUT2D eigenvalue weighted by Gasteiger charge is 2.30. The summed E-state index contributed by atoms with van der Waals surface area (Å²) in [4.78, 5) is 0. The van der Waals surface area contributed by atoms with Crippen molar-refractivity contribution in [3.63, 3.8) is 0 Å². The van der Waals surface area contributed by atoms with Crippen LogP contribution >= 0.6 is 0 Å². The van der Waals surface area contributed by atoms with E-state index in [2.05, 4.69) is 25.1 Å². The highest BCUT2D eigenvalue weighted by atomic mass is 14.4. The fourth-order valence-corrected chi connectivity index (χ4v) is 2.14. The first-order chi connectivity index (χ1) is 6.85. The molecule has 0 radical (unpaired) electrons. The maximum Gasteiger partial charge on any atom is 0.0991 e. The van der Waals surface area contributed by atoms with Crippen molar-refractivity contribution in [2.45, 2.75) is 32.1 Å². The van der Waals surface area contributed by atoms with E-state index in [1.807, 2.05) is 12.1 Å². The molecule has 1 saturated carbocycles. The number of rotatable bonds is 3. The minimum atomic E-state index is 0.725. The van der Waals surface area contributed by atoms with Crippen molar-refractivity contribution in [1.29, 1.82) is 5.26 Å². The molecule has 72 valence electrons. The number of benzene rings is 1. The molecule has 0 heterocycles. The van der Waals surface area contributed by atoms with Gasteiger partial charge in [-0.25, -0.2) is 0 Å². The van der Waals surface area contributed by atoms with Gasteiger partial charge in [0.2, 0.25) is 0 Å². The molecular formula is C13H15N. The van der Waals surface area contributed by atoms with E-state index in [0.717, 1.165) is 17.4 Å². The molecule has 1 atom stereocenters. The third-order valence-corrected chi connectivity index (χ3v) is 3.10. The van der Waals surface area contributed by atoms with Crippen LogP contribution < -0.4 is 0 Å². The van der Waals surface area contributed by atoms with Gasteiger partial charge in [0.1, 0.15) is 0 Å². The van der Waals surface area contributed by atoms with Crippen LogP contribution in [-0.2, 0) is 0 Å². The van der Waals surface area contributed by atoms with E-state index < -0.39 is 0 Å². The quantitative estimate of drug-likeness (QED) is 0.707. The van der Waals surface area contributed by atoms with Crippen LogP contribution in [-0.4, -0.2) is 0 Å². The molecule has 1 unspecified atom stereocenters. The molecule has 0 aromatic heterocycles. The number of hydrogen-bond donors (Lipinski definition) is 0. The molecule has 1 aromatic rings. The highest BCUT2D eigenvalue weighted by Crippen LogP contribution is 2.44. The van der Waals surface area contributed by atoms with Crippen LogP contribution in [0.2, 0.25) is 0 Å². The predicted molar refractivity (Wildman–Crippen MR) is 56.9 cm³/mol. The molecule has 0 bridgehead atoms. The Labute approximate surface area is 85.4 Å². The Kier molecular flexibility index (Phi) is 2.54. The molecule has 1 heteroatoms. The summed E-state index contributed by atoms with van der Waals surface area (Å²) in [6, 6.07) is 10.3. The van der Waals surface area contributed by atoms with Gasteiger partial charge >= 0.3 is 0 Å². The molecule has 1 aliphatic carbocycles. The van der Waals surface area contributed by atoms with Gasteiger partial charge in [-0.1, -0.05) is 19.1 Å². The van der Waals surface area contributed by atoms with Crippen LogP contribution in [0.1, 0.15) is 43.2 Å². The SMILES string of the molecule is CCC(c1ccc(C#N)cc1)C1CC1. The standard InChI is InChI=1S/C13H15N/c1-2-13(12-7-8-12)11-5-3-10(9-14)4-6-11/h3-6,12-13H,2,7-8H2,1H3. The Morgan fingerprint density at radius 1 is 1.36 bits per heavy atom. The molecule has 14 heavy (non-hydrogen) atoms. The summed E-state index contributed by atoms with van der Waals surface area (Å²) < 4.78 is 0. The first-order valence-corrected chi connectivity index (χ1v) is 5.35. The van der Waals surface area contributed by atoms with Crippen molar-refractivity contribution < 1.29 is 0 Å². The maximum absolute atomic E-state index is 8.70. The van der Waals surface area contributed by atoms with Crippen molar-refractivity contribution in [1.82, 2.24) is 0 Å². The van der Waals surface area contributed by atoms with Gasteiger partial charge in [0.15, 0.2) is 0 Å². The summed E-state index contributed by atoms with van der Waals surface area (Å²) in [5.74, 6) is 1.63. The third-order valence-electron chi connectivity index (χ3n) is 3.10. The first kappa shape index (κ1) is 9.27. The average Bonchev–Trinajstić information content (AvgIpc) is 3.04. The zero-order valence-corrected chi connectivity index (χ0v) is 8.53. The van der Waals surface area contributed by atoms with Gasteiger partial charge < -0.3 is 0 Å². The zero-order chi connectivity index (χ0) is 9.97. The van der Waals surface area contributed by atoms with Crippen molar-refractivity contribution >= 4 is 0 Å². The lowest BCUT2D eigenvalue weighted by atomic mass is 9.91. The van der Waals surface area contributed by atoms with Crippen molar-refractivity contribution in [3.8, 4) is 6.07 Å². The number of hydrogen-bond acceptors (Lipinski definition) is 1. The van der Waals surface area contributed by atoms with Gasteiger partial charge in [0.25, 0.3) is 0 Å². The van der Waals surface area contributed by atoms with E-state index in [9.17, 15) is 0 Å². The molecule has 1 aromatic carbocycles. The van der Waals surface area contributed by atoms with E-state index in [-0.39, 0.29) is 0 Å². The van der Waals surface area contributed by atoms with Crippen molar-refractivity contribution in [2.75, 3.05) is 0 Å². The third kappa shape index (κ3) is 1.80. The lowest BCUT2D eigenvalue weighted by molar-refractivity contribution is 0.587. The second-order valence-corrected chi connectivity index (χ2v) is 4.09. The van der Waals surface area contributed by atoms with E-state index in [4.69, 9.17) is 5.26 Å². The van der Waals surface area contributed by atoms with E-state index in [0.29, 0.717) is 0 Å². The van der Waals surface area contributed by atoms with Gasteiger partial charge in [-0.05, 0) is 48.8 Å². The van der Waals surface area contributed by atoms with Gasteiger partial charge in [0.05, 0.1) is 11.6 Å². The molecule has 1 nitrogen and oxygen atoms in total. The molecule has 1 aliphatic rings. The largest absolute Gasteiger partial charge is 0.192 e. The van der Waals surface area contributed by atoms with Gasteiger partial charge in [-0.3, -0.25) is 0 Å². The Bertz CT molecular complexity index is 340. The highest BCUT2D eigenvalue weighted by molar-refractivity contribution is 5.33. The molecule has 0 amide bonds. The molecular weight excluding hydrogens is 170 g/mol. The summed E-state index contributed by atoms with van der Waals surface area (Å²) in [5, 5.41) is 8.70. The Balaban J connectivity index is 2.18. The fourth-order valence-electron chi connectivity index (χ4n) is 2.14. The van der Waals surface area contributed by atoms with Crippen LogP contribution in [0.5, 0.6) is 0 Å². The van der Waals surface area contributed by atoms with E-state index in [1.54, 1.807) is 0 Å². The summed E-state index contributed by atoms with van der Waals surface area (Å²) in [5.41, 5.74) is 2.17. The monoisotopic (exact) mass is 185 g/mol. The second-order valence-electron chi connectivity index (χ2n) is 4.09. The Hall–Kier alpha value is -1.29. The maximum atomic E-state index is 8.70. The van der Waals surface area contributed by atoms with Crippen LogP contribution in [0, 0.1) is 17.2 Å². The molecule has 0 aliphatic heterocycles. The summed E-state index contributed by atoms with van der Waals surface area (Å²) >= 11 is 0. The molecule has 2 rings (SSSR count). The van der Waals surface area contributed by atoms with E-state index >= 15 is 0 Å². The van der Waals surface area contributed by atoms with Crippen LogP contribution in [0.3, 0.4) is 0 Å². The minimum absolute atomic E-state index is 0.725. The van der Waals surface area contributed by atoms with Crippen LogP contribution in [0.4, 0.5) is 0 Å². The lowest BCUT2D eigenvalue weighted by Crippen LogP contribution is -1.99. The van der Waals surface area contributed by atoms with Gasteiger partial charge in [-0.2, -0.15) is 5.26 Å². The fraction of sp³-hybridized carbons (Fsp3) is 0.462. The van der Waals surface area contributed by atoms with E-state index in [1.165, 1.54) is 24.8 Å². The molecule has 0 spiro atoms. The number of nitriles is 1. The Morgan fingerprint density at radius 2 is 2.00 bits per heavy atom. The van der Waals surface area contributed by atoms with Crippen LogP contribution in [0.25, 0.3) is 0 Å². The molecule has 1 fully saturated rings. The van der Waals surface area contributed by atoms with Gasteiger partial charge in [0, 0.05) is 0 Å². The zero-order valence-electron chi connectivity index (χ0n) is 8.53. The Morgan fingerprint density at radius 3 is 2.43 bits per heavy atom.